The lowest BCUT2D eigenvalue weighted by Crippen LogP contribution is -2.13. The lowest BCUT2D eigenvalue weighted by molar-refractivity contribution is -0.131. The first-order valence-electron chi connectivity index (χ1n) is 3.00. The van der Waals surface area contributed by atoms with Gasteiger partial charge in [0, 0.05) is 6.08 Å². The first-order valence-corrected chi connectivity index (χ1v) is 3.45. The molecule has 12 heavy (non-hydrogen) atoms. The van der Waals surface area contributed by atoms with E-state index in [2.05, 4.69) is 24.1 Å². The normalized spacial score (nSPS) is 7.17. The molecule has 0 saturated heterocycles. The lowest BCUT2D eigenvalue weighted by atomic mass is 10.7. The van der Waals surface area contributed by atoms with Gasteiger partial charge in [-0.2, -0.15) is 0 Å². The summed E-state index contributed by atoms with van der Waals surface area (Å²) in [6.45, 7) is 5.07. The summed E-state index contributed by atoms with van der Waals surface area (Å²) in [6.07, 6.45) is 0.325. The Bertz CT molecular complexity index is 160. The second-order valence-corrected chi connectivity index (χ2v) is 1.60. The van der Waals surface area contributed by atoms with Crippen LogP contribution in [0.5, 0.6) is 0 Å². The van der Waals surface area contributed by atoms with Gasteiger partial charge in [-0.05, 0) is 6.92 Å². The summed E-state index contributed by atoms with van der Waals surface area (Å²) in [7, 11) is 0. The molecule has 0 fully saturated rings. The summed E-state index contributed by atoms with van der Waals surface area (Å²) >= 11 is 3.42. The quantitative estimate of drug-likeness (QED) is 0.448. The molecule has 0 saturated carbocycles. The second-order valence-electron chi connectivity index (χ2n) is 1.37. The molecular weight excluding hydrogens is 182 g/mol. The highest BCUT2D eigenvalue weighted by Crippen LogP contribution is 1.74. The van der Waals surface area contributed by atoms with Crippen LogP contribution in [-0.2, 0) is 9.53 Å². The summed E-state index contributed by atoms with van der Waals surface area (Å²) in [5, 5.41) is 7.60. The van der Waals surface area contributed by atoms with Crippen LogP contribution in [0.15, 0.2) is 12.7 Å². The lowest BCUT2D eigenvalue weighted by Gasteiger charge is -1.94. The first kappa shape index (κ1) is 13.4. The Hall–Kier alpha value is -1.17. The topological polar surface area (TPSA) is 75.6 Å². The zero-order chi connectivity index (χ0) is 9.98. The van der Waals surface area contributed by atoms with Crippen molar-refractivity contribution in [1.82, 2.24) is 4.72 Å². The van der Waals surface area contributed by atoms with Crippen molar-refractivity contribution in [3.8, 4) is 0 Å². The van der Waals surface area contributed by atoms with Gasteiger partial charge in [0.15, 0.2) is 0 Å². The maximum Gasteiger partial charge on any atom is 0.416 e. The number of carboxylic acids is 1. The molecule has 0 aliphatic heterocycles. The van der Waals surface area contributed by atoms with Crippen molar-refractivity contribution >= 4 is 24.9 Å². The fourth-order valence-corrected chi connectivity index (χ4v) is 0.228. The van der Waals surface area contributed by atoms with E-state index >= 15 is 0 Å². The van der Waals surface area contributed by atoms with E-state index < -0.39 is 12.1 Å². The van der Waals surface area contributed by atoms with Crippen LogP contribution in [0.1, 0.15) is 6.92 Å². The van der Waals surface area contributed by atoms with Gasteiger partial charge in [-0.3, -0.25) is 4.72 Å². The molecule has 0 radical (unpaired) electrons. The van der Waals surface area contributed by atoms with Crippen molar-refractivity contribution in [1.29, 1.82) is 0 Å². The molecular formula is C6H11NO4S. The van der Waals surface area contributed by atoms with E-state index in [0.29, 0.717) is 6.61 Å². The molecule has 0 bridgehead atoms. The fraction of sp³-hybridized carbons (Fsp3) is 0.333. The second kappa shape index (κ2) is 9.83. The Kier molecular flexibility index (Phi) is 11.0. The standard InChI is InChI=1S/C3H7NO2S.C3H4O2/c1-2-6-3(5)4-7;1-2-3(4)5/h7H,2H2,1H3,(H,4,5);2H,1H2,(H,4,5). The minimum absolute atomic E-state index is 0.381. The van der Waals surface area contributed by atoms with E-state index in [0.717, 1.165) is 6.08 Å². The molecule has 0 rings (SSSR count). The van der Waals surface area contributed by atoms with E-state index in [1.165, 1.54) is 0 Å². The molecule has 6 heteroatoms. The summed E-state index contributed by atoms with van der Waals surface area (Å²) < 4.78 is 6.36. The zero-order valence-electron chi connectivity index (χ0n) is 6.61. The SMILES string of the molecule is C=CC(=O)O.CCOC(=O)NS. The molecule has 0 aromatic heterocycles. The van der Waals surface area contributed by atoms with Crippen LogP contribution in [0.2, 0.25) is 0 Å². The van der Waals surface area contributed by atoms with Crippen molar-refractivity contribution in [2.24, 2.45) is 0 Å². The highest BCUT2D eigenvalue weighted by Gasteiger charge is 1.90. The van der Waals surface area contributed by atoms with Crippen LogP contribution in [0.4, 0.5) is 4.79 Å². The number of hydrogen-bond donors (Lipinski definition) is 3. The number of rotatable bonds is 2. The van der Waals surface area contributed by atoms with Crippen molar-refractivity contribution < 1.29 is 19.4 Å². The number of carbonyl (C=O) groups excluding carboxylic acids is 1. The van der Waals surface area contributed by atoms with Gasteiger partial charge < -0.3 is 9.84 Å². The summed E-state index contributed by atoms with van der Waals surface area (Å²) in [5.74, 6) is -0.981. The van der Waals surface area contributed by atoms with Crippen LogP contribution in [0.3, 0.4) is 0 Å². The monoisotopic (exact) mass is 193 g/mol. The van der Waals surface area contributed by atoms with Gasteiger partial charge in [-0.25, -0.2) is 9.59 Å². The molecule has 2 N–H and O–H groups in total. The smallest absolute Gasteiger partial charge is 0.416 e. The molecule has 0 unspecified atom stereocenters. The molecule has 0 aliphatic carbocycles. The minimum Gasteiger partial charge on any atom is -0.478 e. The fourth-order valence-electron chi connectivity index (χ4n) is 0.163. The highest BCUT2D eigenvalue weighted by atomic mass is 32.1. The molecule has 0 spiro atoms. The van der Waals surface area contributed by atoms with Crippen LogP contribution in [-0.4, -0.2) is 23.8 Å². The molecule has 0 heterocycles. The Morgan fingerprint density at radius 1 is 1.75 bits per heavy atom. The van der Waals surface area contributed by atoms with Crippen molar-refractivity contribution in [2.45, 2.75) is 6.92 Å². The van der Waals surface area contributed by atoms with Gasteiger partial charge in [-0.1, -0.05) is 19.4 Å². The van der Waals surface area contributed by atoms with E-state index in [-0.39, 0.29) is 0 Å². The number of amides is 1. The van der Waals surface area contributed by atoms with Crippen LogP contribution in [0.25, 0.3) is 0 Å². The highest BCUT2D eigenvalue weighted by molar-refractivity contribution is 7.78. The molecule has 0 atom stereocenters. The molecule has 70 valence electrons. The van der Waals surface area contributed by atoms with E-state index in [1.807, 2.05) is 4.72 Å². The molecule has 0 aliphatic rings. The number of thiol groups is 1. The van der Waals surface area contributed by atoms with Gasteiger partial charge in [0.2, 0.25) is 0 Å². The summed E-state index contributed by atoms with van der Waals surface area (Å²) in [5.41, 5.74) is 0. The van der Waals surface area contributed by atoms with E-state index in [1.54, 1.807) is 6.92 Å². The number of aliphatic carboxylic acids is 1. The largest absolute Gasteiger partial charge is 0.478 e. The first-order chi connectivity index (χ1) is 5.58. The van der Waals surface area contributed by atoms with Gasteiger partial charge in [0.05, 0.1) is 6.61 Å². The maximum atomic E-state index is 10.0. The Morgan fingerprint density at radius 3 is 2.25 bits per heavy atom. The average Bonchev–Trinajstić information content (AvgIpc) is 2.06. The van der Waals surface area contributed by atoms with Gasteiger partial charge >= 0.3 is 12.1 Å². The van der Waals surface area contributed by atoms with Crippen LogP contribution < -0.4 is 4.72 Å². The Labute approximate surface area is 76.0 Å². The van der Waals surface area contributed by atoms with Gasteiger partial charge in [0.1, 0.15) is 0 Å². The zero-order valence-corrected chi connectivity index (χ0v) is 7.51. The van der Waals surface area contributed by atoms with Crippen molar-refractivity contribution in [3.63, 3.8) is 0 Å². The number of ether oxygens (including phenoxy) is 1. The molecule has 1 amide bonds. The van der Waals surface area contributed by atoms with Gasteiger partial charge in [0.25, 0.3) is 0 Å². The molecule has 5 nitrogen and oxygen atoms in total. The number of nitrogens with one attached hydrogen (secondary N) is 1. The van der Waals surface area contributed by atoms with Crippen LogP contribution >= 0.6 is 12.8 Å². The average molecular weight is 193 g/mol. The summed E-state index contributed by atoms with van der Waals surface area (Å²) in [4.78, 5) is 19.3. The third-order valence-corrected chi connectivity index (χ3v) is 0.724. The molecule has 0 aromatic carbocycles. The maximum absolute atomic E-state index is 10.0. The Balaban J connectivity index is 0. The van der Waals surface area contributed by atoms with E-state index in [9.17, 15) is 9.59 Å². The van der Waals surface area contributed by atoms with Gasteiger partial charge in [-0.15, -0.1) is 0 Å². The number of carbonyl (C=O) groups is 2. The summed E-state index contributed by atoms with van der Waals surface area (Å²) in [6, 6.07) is 0. The predicted octanol–water partition coefficient (Wildman–Crippen LogP) is 0.834. The molecule has 0 aromatic rings. The third-order valence-electron chi connectivity index (χ3n) is 0.541. The number of hydrogen-bond acceptors (Lipinski definition) is 4. The van der Waals surface area contributed by atoms with Crippen LogP contribution in [0, 0.1) is 0 Å². The predicted molar refractivity (Wildman–Crippen MR) is 47.0 cm³/mol. The van der Waals surface area contributed by atoms with E-state index in [4.69, 9.17) is 5.11 Å². The Morgan fingerprint density at radius 2 is 2.17 bits per heavy atom. The van der Waals surface area contributed by atoms with Crippen molar-refractivity contribution in [2.75, 3.05) is 6.61 Å². The third kappa shape index (κ3) is 15.9. The van der Waals surface area contributed by atoms with Crippen molar-refractivity contribution in [3.05, 3.63) is 12.7 Å². The number of carboxylic acid groups (broad SMARTS) is 1. The minimum atomic E-state index is -0.981.